The van der Waals surface area contributed by atoms with Gasteiger partial charge >= 0.3 is 0 Å². The molecule has 0 spiro atoms. The van der Waals surface area contributed by atoms with E-state index in [-0.39, 0.29) is 12.0 Å². The molecule has 0 aliphatic carbocycles. The summed E-state index contributed by atoms with van der Waals surface area (Å²) >= 11 is 0. The molecule has 0 saturated carbocycles. The van der Waals surface area contributed by atoms with Crippen molar-refractivity contribution in [3.8, 4) is 6.07 Å². The van der Waals surface area contributed by atoms with Gasteiger partial charge in [-0.15, -0.1) is 0 Å². The number of pyridine rings is 1. The summed E-state index contributed by atoms with van der Waals surface area (Å²) in [5, 5.41) is 14.4. The van der Waals surface area contributed by atoms with Gasteiger partial charge in [-0.3, -0.25) is 9.98 Å². The van der Waals surface area contributed by atoms with E-state index < -0.39 is 0 Å². The monoisotopic (exact) mass is 198 g/mol. The molecule has 1 aromatic rings. The van der Waals surface area contributed by atoms with Gasteiger partial charge in [0.05, 0.1) is 36.1 Å². The molecule has 1 saturated heterocycles. The molecule has 1 aromatic heterocycles. The normalized spacial score (nSPS) is 27.5. The Morgan fingerprint density at radius 1 is 1.53 bits per heavy atom. The van der Waals surface area contributed by atoms with Gasteiger partial charge in [0.15, 0.2) is 0 Å². The van der Waals surface area contributed by atoms with Crippen LogP contribution < -0.4 is 15.9 Å². The van der Waals surface area contributed by atoms with E-state index in [1.165, 1.54) is 5.57 Å². The van der Waals surface area contributed by atoms with Crippen molar-refractivity contribution >= 4 is 5.57 Å². The predicted molar refractivity (Wildman–Crippen MR) is 54.2 cm³/mol. The summed E-state index contributed by atoms with van der Waals surface area (Å²) in [7, 11) is 0. The lowest BCUT2D eigenvalue weighted by molar-refractivity contribution is 0.667. The van der Waals surface area contributed by atoms with Crippen LogP contribution in [0.25, 0.3) is 5.57 Å². The largest absolute Gasteiger partial charge is 0.307 e. The van der Waals surface area contributed by atoms with Gasteiger partial charge in [-0.25, -0.2) is 0 Å². The molecule has 2 unspecified atom stereocenters. The fourth-order valence-electron chi connectivity index (χ4n) is 2.32. The first-order chi connectivity index (χ1) is 7.40. The van der Waals surface area contributed by atoms with E-state index in [9.17, 15) is 0 Å². The number of nitrogens with one attached hydrogen (secondary N) is 1. The molecular weight excluding hydrogens is 188 g/mol. The minimum absolute atomic E-state index is 0.00773. The van der Waals surface area contributed by atoms with Crippen LogP contribution in [0.4, 0.5) is 0 Å². The van der Waals surface area contributed by atoms with Gasteiger partial charge in [0.1, 0.15) is 0 Å². The van der Waals surface area contributed by atoms with Crippen LogP contribution in [0, 0.1) is 17.2 Å². The molecule has 2 atom stereocenters. The summed E-state index contributed by atoms with van der Waals surface area (Å²) in [4.78, 5) is 8.50. The smallest absolute Gasteiger partial charge is 0.0831 e. The Hall–Kier alpha value is -1.73. The standard InChI is InChI=1S/C11H10N4/c12-3-7-4-14-10-6-15-9-5-13-2-1-8(9)11(7)10/h1-2,5,7,10,14H,4,6H2. The summed E-state index contributed by atoms with van der Waals surface area (Å²) < 4.78 is 0. The van der Waals surface area contributed by atoms with Crippen molar-refractivity contribution in [2.24, 2.45) is 10.9 Å². The lowest BCUT2D eigenvalue weighted by atomic mass is 9.95. The summed E-state index contributed by atoms with van der Waals surface area (Å²) in [5.41, 5.74) is 1.20. The minimum atomic E-state index is -0.00773. The van der Waals surface area contributed by atoms with Crippen LogP contribution >= 0.6 is 0 Å². The first-order valence-corrected chi connectivity index (χ1v) is 5.02. The first-order valence-electron chi connectivity index (χ1n) is 5.02. The van der Waals surface area contributed by atoms with Crippen LogP contribution in [-0.4, -0.2) is 24.1 Å². The average molecular weight is 198 g/mol. The van der Waals surface area contributed by atoms with E-state index >= 15 is 0 Å². The number of fused-ring (bicyclic) bond motifs is 2. The second kappa shape index (κ2) is 3.14. The topological polar surface area (TPSA) is 61.1 Å². The third-order valence-corrected chi connectivity index (χ3v) is 3.03. The Morgan fingerprint density at radius 3 is 3.33 bits per heavy atom. The summed E-state index contributed by atoms with van der Waals surface area (Å²) in [5.74, 6) is -0.00773. The highest BCUT2D eigenvalue weighted by atomic mass is 15.0. The van der Waals surface area contributed by atoms with Gasteiger partial charge in [0, 0.05) is 18.0 Å². The first kappa shape index (κ1) is 8.57. The summed E-state index contributed by atoms with van der Waals surface area (Å²) in [6, 6.07) is 4.55. The summed E-state index contributed by atoms with van der Waals surface area (Å²) in [6.45, 7) is 1.47. The zero-order chi connectivity index (χ0) is 10.3. The highest BCUT2D eigenvalue weighted by Crippen LogP contribution is 2.21. The van der Waals surface area contributed by atoms with Crippen molar-refractivity contribution in [3.05, 3.63) is 29.0 Å². The molecular formula is C11H10N4. The number of nitriles is 1. The number of aromatic nitrogens is 1. The van der Waals surface area contributed by atoms with E-state index in [4.69, 9.17) is 5.26 Å². The number of hydrogen-bond acceptors (Lipinski definition) is 4. The van der Waals surface area contributed by atoms with Gasteiger partial charge < -0.3 is 5.32 Å². The maximum absolute atomic E-state index is 9.07. The van der Waals surface area contributed by atoms with Gasteiger partial charge in [-0.2, -0.15) is 5.26 Å². The molecule has 0 aromatic carbocycles. The molecule has 0 amide bonds. The number of nitrogens with zero attached hydrogens (tertiary/aromatic N) is 3. The fraction of sp³-hybridized carbons (Fsp3) is 0.364. The van der Waals surface area contributed by atoms with Crippen molar-refractivity contribution in [1.82, 2.24) is 10.3 Å². The molecule has 2 aliphatic heterocycles. The number of rotatable bonds is 0. The van der Waals surface area contributed by atoms with Crippen LogP contribution in [0.2, 0.25) is 0 Å². The molecule has 3 rings (SSSR count). The highest BCUT2D eigenvalue weighted by molar-refractivity contribution is 5.60. The third-order valence-electron chi connectivity index (χ3n) is 3.03. The van der Waals surface area contributed by atoms with Crippen molar-refractivity contribution in [1.29, 1.82) is 5.26 Å². The molecule has 4 heteroatoms. The Morgan fingerprint density at radius 2 is 2.47 bits per heavy atom. The van der Waals surface area contributed by atoms with Crippen molar-refractivity contribution in [3.63, 3.8) is 0 Å². The lowest BCUT2D eigenvalue weighted by Crippen LogP contribution is -2.40. The molecule has 15 heavy (non-hydrogen) atoms. The van der Waals surface area contributed by atoms with E-state index in [0.29, 0.717) is 0 Å². The Bertz CT molecular complexity index is 555. The van der Waals surface area contributed by atoms with Crippen LogP contribution in [0.1, 0.15) is 0 Å². The van der Waals surface area contributed by atoms with Crippen molar-refractivity contribution < 1.29 is 0 Å². The van der Waals surface area contributed by atoms with Crippen LogP contribution in [0.15, 0.2) is 23.5 Å². The highest BCUT2D eigenvalue weighted by Gasteiger charge is 2.31. The third kappa shape index (κ3) is 1.17. The molecule has 74 valence electrons. The van der Waals surface area contributed by atoms with E-state index in [2.05, 4.69) is 21.4 Å². The average Bonchev–Trinajstić information content (AvgIpc) is 2.72. The van der Waals surface area contributed by atoms with Crippen molar-refractivity contribution in [2.45, 2.75) is 6.04 Å². The van der Waals surface area contributed by atoms with Crippen LogP contribution in [0.5, 0.6) is 0 Å². The molecule has 1 N–H and O–H groups in total. The summed E-state index contributed by atoms with van der Waals surface area (Å²) in [6.07, 6.45) is 3.53. The zero-order valence-electron chi connectivity index (χ0n) is 8.14. The van der Waals surface area contributed by atoms with Gasteiger partial charge in [0.2, 0.25) is 0 Å². The molecule has 4 nitrogen and oxygen atoms in total. The van der Waals surface area contributed by atoms with E-state index in [0.717, 1.165) is 23.7 Å². The molecule has 2 aliphatic rings. The van der Waals surface area contributed by atoms with Gasteiger partial charge in [-0.1, -0.05) is 0 Å². The Labute approximate surface area is 87.0 Å². The number of hydrogen-bond donors (Lipinski definition) is 1. The maximum atomic E-state index is 9.07. The molecule has 3 heterocycles. The van der Waals surface area contributed by atoms with E-state index in [1.54, 1.807) is 12.4 Å². The predicted octanol–water partition coefficient (Wildman–Crippen LogP) is -1.02. The second-order valence-electron chi connectivity index (χ2n) is 3.83. The quantitative estimate of drug-likeness (QED) is 0.580. The Balaban J connectivity index is 2.36. The molecule has 1 fully saturated rings. The molecule has 0 radical (unpaired) electrons. The van der Waals surface area contributed by atoms with Crippen LogP contribution in [-0.2, 0) is 0 Å². The molecule has 0 bridgehead atoms. The van der Waals surface area contributed by atoms with Gasteiger partial charge in [-0.05, 0) is 11.6 Å². The van der Waals surface area contributed by atoms with Gasteiger partial charge in [0.25, 0.3) is 0 Å². The second-order valence-corrected chi connectivity index (χ2v) is 3.83. The maximum Gasteiger partial charge on any atom is 0.0831 e. The Kier molecular flexibility index (Phi) is 1.79. The minimum Gasteiger partial charge on any atom is -0.307 e. The zero-order valence-corrected chi connectivity index (χ0v) is 8.14. The fourth-order valence-corrected chi connectivity index (χ4v) is 2.32. The van der Waals surface area contributed by atoms with Crippen LogP contribution in [0.3, 0.4) is 0 Å². The van der Waals surface area contributed by atoms with Crippen molar-refractivity contribution in [2.75, 3.05) is 13.1 Å². The lowest BCUT2D eigenvalue weighted by Gasteiger charge is -2.14. The van der Waals surface area contributed by atoms with E-state index in [1.807, 2.05) is 6.07 Å². The SMILES string of the molecule is N#CC1CNC2CN=c3cnccc3=C12.